The largest absolute Gasteiger partial charge is 0.453 e. The van der Waals surface area contributed by atoms with Crippen LogP contribution in [0.2, 0.25) is 0 Å². The first-order valence-electron chi connectivity index (χ1n) is 5.90. The number of alkyl halides is 4. The lowest BCUT2D eigenvalue weighted by atomic mass is 10.1. The number of aryl methyl sites for hydroxylation is 1. The Hall–Kier alpha value is -1.69. The van der Waals surface area contributed by atoms with Crippen molar-refractivity contribution in [1.29, 1.82) is 0 Å². The van der Waals surface area contributed by atoms with Crippen molar-refractivity contribution in [2.45, 2.75) is 25.5 Å². The van der Waals surface area contributed by atoms with Gasteiger partial charge in [0, 0.05) is 12.4 Å². The highest BCUT2D eigenvalue weighted by molar-refractivity contribution is 6.17. The first-order chi connectivity index (χ1) is 9.44. The van der Waals surface area contributed by atoms with Gasteiger partial charge in [0.05, 0.1) is 18.0 Å². The third-order valence-corrected chi connectivity index (χ3v) is 2.97. The zero-order valence-corrected chi connectivity index (χ0v) is 11.4. The van der Waals surface area contributed by atoms with E-state index in [0.717, 1.165) is 6.07 Å². The lowest BCUT2D eigenvalue weighted by Gasteiger charge is -2.13. The fourth-order valence-electron chi connectivity index (χ4n) is 1.67. The molecule has 1 aromatic heterocycles. The Morgan fingerprint density at radius 3 is 2.65 bits per heavy atom. The van der Waals surface area contributed by atoms with Crippen LogP contribution >= 0.6 is 11.6 Å². The van der Waals surface area contributed by atoms with Crippen molar-refractivity contribution in [1.82, 2.24) is 9.78 Å². The minimum Gasteiger partial charge on any atom is -0.453 e. The fourth-order valence-corrected chi connectivity index (χ4v) is 1.83. The van der Waals surface area contributed by atoms with Crippen molar-refractivity contribution >= 4 is 11.6 Å². The molecule has 0 bridgehead atoms. The third-order valence-electron chi connectivity index (χ3n) is 2.67. The molecule has 0 fully saturated rings. The topological polar surface area (TPSA) is 27.1 Å². The summed E-state index contributed by atoms with van der Waals surface area (Å²) in [6.07, 6.45) is -1.59. The molecule has 3 nitrogen and oxygen atoms in total. The normalized spacial score (nSPS) is 11.7. The molecule has 0 saturated heterocycles. The van der Waals surface area contributed by atoms with Crippen LogP contribution in [0.25, 0.3) is 0 Å². The number of hydrogen-bond acceptors (Lipinski definition) is 2. The average Bonchev–Trinajstić information content (AvgIpc) is 2.85. The smallest absolute Gasteiger partial charge is 0.419 e. The highest BCUT2D eigenvalue weighted by Gasteiger charge is 2.34. The summed E-state index contributed by atoms with van der Waals surface area (Å²) in [4.78, 5) is 0. The Morgan fingerprint density at radius 1 is 1.35 bits per heavy atom. The molecule has 2 aromatic rings. The van der Waals surface area contributed by atoms with Gasteiger partial charge in [0.25, 0.3) is 0 Å². The van der Waals surface area contributed by atoms with Crippen molar-refractivity contribution in [2.24, 2.45) is 0 Å². The van der Waals surface area contributed by atoms with Crippen molar-refractivity contribution in [3.05, 3.63) is 41.7 Å². The van der Waals surface area contributed by atoms with E-state index < -0.39 is 11.7 Å². The molecule has 7 heteroatoms. The van der Waals surface area contributed by atoms with E-state index in [1.807, 2.05) is 6.92 Å². The van der Waals surface area contributed by atoms with Gasteiger partial charge < -0.3 is 4.74 Å². The molecule has 20 heavy (non-hydrogen) atoms. The van der Waals surface area contributed by atoms with E-state index in [-0.39, 0.29) is 17.4 Å². The Morgan fingerprint density at radius 2 is 2.10 bits per heavy atom. The summed E-state index contributed by atoms with van der Waals surface area (Å²) in [5, 5.41) is 3.95. The second-order valence-electron chi connectivity index (χ2n) is 4.10. The molecule has 0 aliphatic rings. The predicted molar refractivity (Wildman–Crippen MR) is 69.0 cm³/mol. The van der Waals surface area contributed by atoms with Crippen LogP contribution in [-0.4, -0.2) is 9.78 Å². The molecule has 1 heterocycles. The first kappa shape index (κ1) is 14.7. The minimum atomic E-state index is -4.50. The summed E-state index contributed by atoms with van der Waals surface area (Å²) in [5.74, 6) is 0.00918. The monoisotopic (exact) mass is 304 g/mol. The average molecular weight is 305 g/mol. The molecule has 0 atom stereocenters. The number of aromatic nitrogens is 2. The number of rotatable bonds is 4. The molecule has 0 radical (unpaired) electrons. The van der Waals surface area contributed by atoms with Gasteiger partial charge in [-0.2, -0.15) is 18.3 Å². The number of nitrogens with zero attached hydrogens (tertiary/aromatic N) is 2. The van der Waals surface area contributed by atoms with Crippen LogP contribution < -0.4 is 4.74 Å². The molecule has 0 saturated carbocycles. The van der Waals surface area contributed by atoms with E-state index >= 15 is 0 Å². The maximum atomic E-state index is 13.0. The van der Waals surface area contributed by atoms with E-state index in [1.165, 1.54) is 24.5 Å². The highest BCUT2D eigenvalue weighted by Crippen LogP contribution is 2.38. The molecule has 0 unspecified atom stereocenters. The van der Waals surface area contributed by atoms with Crippen LogP contribution in [0, 0.1) is 0 Å². The summed E-state index contributed by atoms with van der Waals surface area (Å²) in [7, 11) is 0. The van der Waals surface area contributed by atoms with Gasteiger partial charge in [-0.05, 0) is 24.6 Å². The van der Waals surface area contributed by atoms with E-state index in [1.54, 1.807) is 4.68 Å². The summed E-state index contributed by atoms with van der Waals surface area (Å²) < 4.78 is 45.8. The zero-order chi connectivity index (χ0) is 14.8. The molecule has 1 aromatic carbocycles. The quantitative estimate of drug-likeness (QED) is 0.780. The summed E-state index contributed by atoms with van der Waals surface area (Å²) >= 11 is 5.56. The number of benzene rings is 1. The van der Waals surface area contributed by atoms with Gasteiger partial charge in [-0.1, -0.05) is 6.07 Å². The highest BCUT2D eigenvalue weighted by atomic mass is 35.5. The Labute approximate surface area is 118 Å². The third kappa shape index (κ3) is 3.25. The van der Waals surface area contributed by atoms with E-state index in [0.29, 0.717) is 12.1 Å². The number of halogens is 4. The predicted octanol–water partition coefficient (Wildman–Crippen LogP) is 4.45. The van der Waals surface area contributed by atoms with Crippen molar-refractivity contribution in [2.75, 3.05) is 0 Å². The van der Waals surface area contributed by atoms with Gasteiger partial charge >= 0.3 is 6.18 Å². The lowest BCUT2D eigenvalue weighted by Crippen LogP contribution is -2.07. The van der Waals surface area contributed by atoms with Gasteiger partial charge in [-0.25, -0.2) is 0 Å². The van der Waals surface area contributed by atoms with Crippen LogP contribution in [0.1, 0.15) is 18.1 Å². The van der Waals surface area contributed by atoms with Gasteiger partial charge in [-0.15, -0.1) is 11.6 Å². The summed E-state index contributed by atoms with van der Waals surface area (Å²) in [5.41, 5.74) is -0.463. The van der Waals surface area contributed by atoms with E-state index in [2.05, 4.69) is 5.10 Å². The lowest BCUT2D eigenvalue weighted by molar-refractivity contribution is -0.138. The zero-order valence-electron chi connectivity index (χ0n) is 10.6. The molecule has 2 rings (SSSR count). The molecule has 0 aliphatic carbocycles. The van der Waals surface area contributed by atoms with Gasteiger partial charge in [0.2, 0.25) is 0 Å². The van der Waals surface area contributed by atoms with Crippen LogP contribution in [0.15, 0.2) is 30.6 Å². The van der Waals surface area contributed by atoms with E-state index in [9.17, 15) is 13.2 Å². The van der Waals surface area contributed by atoms with Crippen LogP contribution in [0.4, 0.5) is 13.2 Å². The molecular weight excluding hydrogens is 293 g/mol. The first-order valence-corrected chi connectivity index (χ1v) is 6.44. The number of ether oxygens (including phenoxy) is 1. The molecule has 108 valence electrons. The maximum absolute atomic E-state index is 13.0. The van der Waals surface area contributed by atoms with E-state index in [4.69, 9.17) is 16.3 Å². The van der Waals surface area contributed by atoms with Crippen molar-refractivity contribution in [3.8, 4) is 11.5 Å². The van der Waals surface area contributed by atoms with Crippen LogP contribution in [0.3, 0.4) is 0 Å². The summed E-state index contributed by atoms with van der Waals surface area (Å²) in [6, 6.07) is 3.76. The Bertz CT molecular complexity index is 596. The van der Waals surface area contributed by atoms with Gasteiger partial charge in [-0.3, -0.25) is 4.68 Å². The molecule has 0 amide bonds. The van der Waals surface area contributed by atoms with Gasteiger partial charge in [0.1, 0.15) is 5.75 Å². The standard InChI is InChI=1S/C13H12ClF3N2O/c1-2-19-8-10(7-18-19)20-12-4-3-9(6-14)5-11(12)13(15,16)17/h3-5,7-8H,2,6H2,1H3. The maximum Gasteiger partial charge on any atom is 0.419 e. The second kappa shape index (κ2) is 5.75. The summed E-state index contributed by atoms with van der Waals surface area (Å²) in [6.45, 7) is 2.48. The minimum absolute atomic E-state index is 0.0110. The van der Waals surface area contributed by atoms with Crippen molar-refractivity contribution in [3.63, 3.8) is 0 Å². The molecular formula is C13H12ClF3N2O. The Balaban J connectivity index is 2.35. The molecule has 0 aliphatic heterocycles. The van der Waals surface area contributed by atoms with Gasteiger partial charge in [0.15, 0.2) is 5.75 Å². The van der Waals surface area contributed by atoms with Crippen LogP contribution in [0.5, 0.6) is 11.5 Å². The Kier molecular flexibility index (Phi) is 4.23. The molecule has 0 spiro atoms. The number of hydrogen-bond donors (Lipinski definition) is 0. The SMILES string of the molecule is CCn1cc(Oc2ccc(CCl)cc2C(F)(F)F)cn1. The molecule has 0 N–H and O–H groups in total. The van der Waals surface area contributed by atoms with Crippen molar-refractivity contribution < 1.29 is 17.9 Å². The van der Waals surface area contributed by atoms with Crippen LogP contribution in [-0.2, 0) is 18.6 Å². The second-order valence-corrected chi connectivity index (χ2v) is 4.36. The fraction of sp³-hybridized carbons (Fsp3) is 0.308.